The Balaban J connectivity index is 2.11. The topological polar surface area (TPSA) is 66.4 Å². The number of anilines is 1. The Morgan fingerprint density at radius 3 is 2.53 bits per heavy atom. The summed E-state index contributed by atoms with van der Waals surface area (Å²) in [5, 5.41) is 11.3. The van der Waals surface area contributed by atoms with Gasteiger partial charge in [-0.15, -0.1) is 0 Å². The zero-order chi connectivity index (χ0) is 13.8. The molecular weight excluding hydrogens is 249 g/mol. The lowest BCUT2D eigenvalue weighted by Crippen LogP contribution is -2.25. The molecule has 0 spiro atoms. The Kier molecular flexibility index (Phi) is 4.14. The molecule has 1 aromatic rings. The number of nitrogens with one attached hydrogen (secondary N) is 1. The summed E-state index contributed by atoms with van der Waals surface area (Å²) in [7, 11) is 0. The van der Waals surface area contributed by atoms with Crippen molar-refractivity contribution >= 4 is 17.6 Å². The van der Waals surface area contributed by atoms with Gasteiger partial charge in [0.25, 0.3) is 0 Å². The molecule has 0 radical (unpaired) electrons. The first kappa shape index (κ1) is 13.5. The normalized spacial score (nSPS) is 16.1. The molecule has 4 nitrogen and oxygen atoms in total. The Morgan fingerprint density at radius 2 is 1.89 bits per heavy atom. The lowest BCUT2D eigenvalue weighted by Gasteiger charge is -2.20. The molecular formula is C14H16FNO3. The van der Waals surface area contributed by atoms with Gasteiger partial charge in [-0.1, -0.05) is 19.3 Å². The number of rotatable bonds is 3. The molecule has 0 aliphatic heterocycles. The highest BCUT2D eigenvalue weighted by Crippen LogP contribution is 2.25. The quantitative estimate of drug-likeness (QED) is 0.882. The van der Waals surface area contributed by atoms with Crippen LogP contribution >= 0.6 is 0 Å². The molecule has 0 atom stereocenters. The summed E-state index contributed by atoms with van der Waals surface area (Å²) in [4.78, 5) is 22.8. The van der Waals surface area contributed by atoms with E-state index in [0.29, 0.717) is 0 Å². The molecule has 0 unspecified atom stereocenters. The minimum absolute atomic E-state index is 0.0413. The predicted octanol–water partition coefficient (Wildman–Crippen LogP) is 3.04. The third kappa shape index (κ3) is 3.30. The number of hydrogen-bond acceptors (Lipinski definition) is 2. The van der Waals surface area contributed by atoms with Crippen molar-refractivity contribution < 1.29 is 19.1 Å². The number of aromatic carboxylic acids is 1. The van der Waals surface area contributed by atoms with Crippen molar-refractivity contribution in [1.82, 2.24) is 0 Å². The van der Waals surface area contributed by atoms with Gasteiger partial charge in [-0.2, -0.15) is 0 Å². The highest BCUT2D eigenvalue weighted by Gasteiger charge is 2.22. The highest BCUT2D eigenvalue weighted by molar-refractivity contribution is 5.95. The van der Waals surface area contributed by atoms with Crippen LogP contribution in [0.3, 0.4) is 0 Å². The Bertz CT molecular complexity index is 495. The van der Waals surface area contributed by atoms with Crippen LogP contribution in [0.4, 0.5) is 10.1 Å². The van der Waals surface area contributed by atoms with Crippen LogP contribution in [-0.2, 0) is 4.79 Å². The first-order valence-corrected chi connectivity index (χ1v) is 6.41. The second-order valence-corrected chi connectivity index (χ2v) is 4.82. The average Bonchev–Trinajstić information content (AvgIpc) is 2.42. The summed E-state index contributed by atoms with van der Waals surface area (Å²) in [6.45, 7) is 0. The van der Waals surface area contributed by atoms with Crippen LogP contribution in [0.1, 0.15) is 42.5 Å². The van der Waals surface area contributed by atoms with Crippen molar-refractivity contribution in [3.63, 3.8) is 0 Å². The van der Waals surface area contributed by atoms with E-state index >= 15 is 0 Å². The predicted molar refractivity (Wildman–Crippen MR) is 68.6 cm³/mol. The Morgan fingerprint density at radius 1 is 1.21 bits per heavy atom. The van der Waals surface area contributed by atoms with E-state index in [9.17, 15) is 14.0 Å². The average molecular weight is 265 g/mol. The largest absolute Gasteiger partial charge is 0.478 e. The minimum Gasteiger partial charge on any atom is -0.478 e. The Hall–Kier alpha value is -1.91. The monoisotopic (exact) mass is 265 g/mol. The van der Waals surface area contributed by atoms with E-state index in [1.807, 2.05) is 0 Å². The maximum atomic E-state index is 13.6. The number of amides is 1. The van der Waals surface area contributed by atoms with Crippen molar-refractivity contribution in [3.05, 3.63) is 29.6 Å². The van der Waals surface area contributed by atoms with Crippen LogP contribution in [0.15, 0.2) is 18.2 Å². The molecule has 5 heteroatoms. The summed E-state index contributed by atoms with van der Waals surface area (Å²) >= 11 is 0. The summed E-state index contributed by atoms with van der Waals surface area (Å²) < 4.78 is 13.6. The molecule has 2 N–H and O–H groups in total. The maximum absolute atomic E-state index is 13.6. The van der Waals surface area contributed by atoms with Crippen LogP contribution in [-0.4, -0.2) is 17.0 Å². The van der Waals surface area contributed by atoms with Crippen molar-refractivity contribution in [3.8, 4) is 0 Å². The minimum atomic E-state index is -1.15. The fourth-order valence-electron chi connectivity index (χ4n) is 2.35. The second-order valence-electron chi connectivity index (χ2n) is 4.82. The van der Waals surface area contributed by atoms with Crippen LogP contribution in [0, 0.1) is 11.7 Å². The fourth-order valence-corrected chi connectivity index (χ4v) is 2.35. The lowest BCUT2D eigenvalue weighted by atomic mass is 9.88. The van der Waals surface area contributed by atoms with Gasteiger partial charge < -0.3 is 10.4 Å². The zero-order valence-corrected chi connectivity index (χ0v) is 10.5. The molecule has 0 heterocycles. The van der Waals surface area contributed by atoms with Gasteiger partial charge in [0.15, 0.2) is 0 Å². The Labute approximate surface area is 110 Å². The molecule has 19 heavy (non-hydrogen) atoms. The van der Waals surface area contributed by atoms with Gasteiger partial charge in [-0.3, -0.25) is 4.79 Å². The molecule has 1 fully saturated rings. The van der Waals surface area contributed by atoms with E-state index < -0.39 is 11.8 Å². The molecule has 1 amide bonds. The molecule has 2 rings (SSSR count). The SMILES string of the molecule is O=C(O)c1ccc(F)c(NC(=O)C2CCCCC2)c1. The number of carbonyl (C=O) groups excluding carboxylic acids is 1. The molecule has 102 valence electrons. The third-order valence-electron chi connectivity index (χ3n) is 3.45. The maximum Gasteiger partial charge on any atom is 0.335 e. The molecule has 1 aliphatic carbocycles. The molecule has 0 saturated heterocycles. The lowest BCUT2D eigenvalue weighted by molar-refractivity contribution is -0.120. The summed E-state index contributed by atoms with van der Waals surface area (Å²) in [5.41, 5.74) is -0.101. The van der Waals surface area contributed by atoms with Gasteiger partial charge in [0, 0.05) is 5.92 Å². The van der Waals surface area contributed by atoms with Gasteiger partial charge in [0.2, 0.25) is 5.91 Å². The van der Waals surface area contributed by atoms with E-state index in [1.165, 1.54) is 6.07 Å². The summed E-state index contributed by atoms with van der Waals surface area (Å²) in [6.07, 6.45) is 4.77. The summed E-state index contributed by atoms with van der Waals surface area (Å²) in [6, 6.07) is 3.38. The van der Waals surface area contributed by atoms with Crippen molar-refractivity contribution in [2.24, 2.45) is 5.92 Å². The van der Waals surface area contributed by atoms with E-state index in [0.717, 1.165) is 44.2 Å². The second kappa shape index (κ2) is 5.82. The molecule has 0 aromatic heterocycles. The van der Waals surface area contributed by atoms with Crippen LogP contribution in [0.5, 0.6) is 0 Å². The zero-order valence-electron chi connectivity index (χ0n) is 10.5. The number of hydrogen-bond donors (Lipinski definition) is 2. The van der Waals surface area contributed by atoms with Crippen LogP contribution < -0.4 is 5.32 Å². The first-order chi connectivity index (χ1) is 9.08. The molecule has 1 aliphatic rings. The van der Waals surface area contributed by atoms with Crippen molar-refractivity contribution in [1.29, 1.82) is 0 Å². The van der Waals surface area contributed by atoms with E-state index in [2.05, 4.69) is 5.32 Å². The number of benzene rings is 1. The van der Waals surface area contributed by atoms with E-state index in [1.54, 1.807) is 0 Å². The van der Waals surface area contributed by atoms with E-state index in [-0.39, 0.29) is 23.1 Å². The third-order valence-corrected chi connectivity index (χ3v) is 3.45. The highest BCUT2D eigenvalue weighted by atomic mass is 19.1. The standard InChI is InChI=1S/C14H16FNO3/c15-11-7-6-10(14(18)19)8-12(11)16-13(17)9-4-2-1-3-5-9/h6-9H,1-5H2,(H,16,17)(H,18,19). The van der Waals surface area contributed by atoms with Gasteiger partial charge in [0.1, 0.15) is 5.82 Å². The number of carbonyl (C=O) groups is 2. The van der Waals surface area contributed by atoms with Crippen LogP contribution in [0.25, 0.3) is 0 Å². The van der Waals surface area contributed by atoms with Gasteiger partial charge in [0.05, 0.1) is 11.3 Å². The van der Waals surface area contributed by atoms with E-state index in [4.69, 9.17) is 5.11 Å². The van der Waals surface area contributed by atoms with Gasteiger partial charge in [-0.05, 0) is 31.0 Å². The van der Waals surface area contributed by atoms with Crippen molar-refractivity contribution in [2.45, 2.75) is 32.1 Å². The van der Waals surface area contributed by atoms with Gasteiger partial charge in [-0.25, -0.2) is 9.18 Å². The van der Waals surface area contributed by atoms with Crippen molar-refractivity contribution in [2.75, 3.05) is 5.32 Å². The first-order valence-electron chi connectivity index (χ1n) is 6.41. The van der Waals surface area contributed by atoms with Crippen LogP contribution in [0.2, 0.25) is 0 Å². The van der Waals surface area contributed by atoms with Gasteiger partial charge >= 0.3 is 5.97 Å². The smallest absolute Gasteiger partial charge is 0.335 e. The number of halogens is 1. The molecule has 0 bridgehead atoms. The molecule has 1 saturated carbocycles. The molecule has 1 aromatic carbocycles. The number of carboxylic acids is 1. The fraction of sp³-hybridized carbons (Fsp3) is 0.429. The number of carboxylic acid groups (broad SMARTS) is 1. The summed E-state index contributed by atoms with van der Waals surface area (Å²) in [5.74, 6) is -2.08.